The van der Waals surface area contributed by atoms with Crippen LogP contribution in [0.25, 0.3) is 0 Å². The Morgan fingerprint density at radius 2 is 1.88 bits per heavy atom. The Kier molecular flexibility index (Phi) is 6.26. The molecule has 0 atom stereocenters. The molecule has 0 radical (unpaired) electrons. The van der Waals surface area contributed by atoms with Crippen molar-refractivity contribution in [2.24, 2.45) is 0 Å². The van der Waals surface area contributed by atoms with Crippen molar-refractivity contribution in [1.82, 2.24) is 9.97 Å². The summed E-state index contributed by atoms with van der Waals surface area (Å²) in [7, 11) is 0. The van der Waals surface area contributed by atoms with Gasteiger partial charge in [-0.2, -0.15) is 4.98 Å². The lowest BCUT2D eigenvalue weighted by atomic mass is 10.3. The van der Waals surface area contributed by atoms with E-state index in [1.165, 1.54) is 0 Å². The summed E-state index contributed by atoms with van der Waals surface area (Å²) in [5, 5.41) is 3.14. The van der Waals surface area contributed by atoms with Crippen LogP contribution in [0.5, 0.6) is 0 Å². The third-order valence-corrected chi connectivity index (χ3v) is 2.91. The van der Waals surface area contributed by atoms with Gasteiger partial charge in [-0.25, -0.2) is 4.98 Å². The summed E-state index contributed by atoms with van der Waals surface area (Å²) in [4.78, 5) is 11.1. The first-order valence-electron chi connectivity index (χ1n) is 6.24. The van der Waals surface area contributed by atoms with Gasteiger partial charge < -0.3 is 10.2 Å². The van der Waals surface area contributed by atoms with Gasteiger partial charge in [0, 0.05) is 25.8 Å². The molecule has 0 aliphatic carbocycles. The summed E-state index contributed by atoms with van der Waals surface area (Å²) in [6.45, 7) is 9.29. The van der Waals surface area contributed by atoms with E-state index in [2.05, 4.69) is 50.0 Å². The lowest BCUT2D eigenvalue weighted by Crippen LogP contribution is -2.26. The number of hydrogen-bond acceptors (Lipinski definition) is 4. The fourth-order valence-electron chi connectivity index (χ4n) is 1.69. The fourth-order valence-corrected chi connectivity index (χ4v) is 2.13. The summed E-state index contributed by atoms with van der Waals surface area (Å²) in [5.74, 6) is 1.68. The summed E-state index contributed by atoms with van der Waals surface area (Å²) in [6, 6.07) is 0. The number of rotatable bonds is 7. The first-order valence-corrected chi connectivity index (χ1v) is 7.03. The molecule has 96 valence electrons. The summed E-state index contributed by atoms with van der Waals surface area (Å²) in [5.41, 5.74) is 0. The molecule has 0 unspecified atom stereocenters. The van der Waals surface area contributed by atoms with E-state index in [1.54, 1.807) is 0 Å². The normalized spacial score (nSPS) is 10.4. The molecule has 0 aliphatic rings. The molecule has 4 nitrogen and oxygen atoms in total. The van der Waals surface area contributed by atoms with Crippen molar-refractivity contribution < 1.29 is 0 Å². The Morgan fingerprint density at radius 1 is 1.24 bits per heavy atom. The van der Waals surface area contributed by atoms with Gasteiger partial charge >= 0.3 is 0 Å². The van der Waals surface area contributed by atoms with Crippen LogP contribution >= 0.6 is 15.9 Å². The van der Waals surface area contributed by atoms with E-state index in [4.69, 9.17) is 0 Å². The van der Waals surface area contributed by atoms with Gasteiger partial charge in [-0.1, -0.05) is 13.8 Å². The molecular weight excluding hydrogens is 280 g/mol. The molecule has 1 heterocycles. The molecular formula is C12H21BrN4. The van der Waals surface area contributed by atoms with Crippen LogP contribution < -0.4 is 10.2 Å². The van der Waals surface area contributed by atoms with Crippen LogP contribution in [0.15, 0.2) is 10.7 Å². The molecule has 1 rings (SSSR count). The molecule has 1 aromatic heterocycles. The molecule has 0 amide bonds. The first-order chi connectivity index (χ1) is 8.22. The van der Waals surface area contributed by atoms with E-state index < -0.39 is 0 Å². The van der Waals surface area contributed by atoms with Gasteiger partial charge in [0.05, 0.1) is 4.47 Å². The number of nitrogens with one attached hydrogen (secondary N) is 1. The second-order valence-corrected chi connectivity index (χ2v) is 4.74. The van der Waals surface area contributed by atoms with Gasteiger partial charge in [-0.3, -0.25) is 0 Å². The average molecular weight is 301 g/mol. The highest BCUT2D eigenvalue weighted by Gasteiger charge is 2.11. The molecule has 0 spiro atoms. The van der Waals surface area contributed by atoms with Crippen molar-refractivity contribution in [1.29, 1.82) is 0 Å². The summed E-state index contributed by atoms with van der Waals surface area (Å²) < 4.78 is 0.959. The third-order valence-electron chi connectivity index (χ3n) is 2.35. The van der Waals surface area contributed by atoms with E-state index in [9.17, 15) is 0 Å². The van der Waals surface area contributed by atoms with Crippen molar-refractivity contribution >= 4 is 27.7 Å². The number of anilines is 2. The summed E-state index contributed by atoms with van der Waals surface area (Å²) >= 11 is 3.53. The minimum Gasteiger partial charge on any atom is -0.356 e. The molecule has 5 heteroatoms. The molecule has 1 N–H and O–H groups in total. The zero-order valence-electron chi connectivity index (χ0n) is 10.8. The van der Waals surface area contributed by atoms with Crippen molar-refractivity contribution in [3.8, 4) is 0 Å². The van der Waals surface area contributed by atoms with E-state index in [0.29, 0.717) is 5.95 Å². The van der Waals surface area contributed by atoms with Gasteiger partial charge in [-0.15, -0.1) is 0 Å². The Hall–Kier alpha value is -0.840. The lowest BCUT2D eigenvalue weighted by Gasteiger charge is -2.23. The number of aromatic nitrogens is 2. The highest BCUT2D eigenvalue weighted by atomic mass is 79.9. The molecule has 0 saturated heterocycles. The monoisotopic (exact) mass is 300 g/mol. The predicted octanol–water partition coefficient (Wildman–Crippen LogP) is 3.30. The quantitative estimate of drug-likeness (QED) is 0.839. The fraction of sp³-hybridized carbons (Fsp3) is 0.667. The van der Waals surface area contributed by atoms with Crippen LogP contribution in [0.2, 0.25) is 0 Å². The van der Waals surface area contributed by atoms with Gasteiger partial charge in [0.2, 0.25) is 5.95 Å². The van der Waals surface area contributed by atoms with Crippen molar-refractivity contribution in [3.63, 3.8) is 0 Å². The molecule has 17 heavy (non-hydrogen) atoms. The Labute approximate surface area is 112 Å². The van der Waals surface area contributed by atoms with E-state index >= 15 is 0 Å². The highest BCUT2D eigenvalue weighted by Crippen LogP contribution is 2.24. The highest BCUT2D eigenvalue weighted by molar-refractivity contribution is 9.10. The Bertz CT molecular complexity index is 337. The van der Waals surface area contributed by atoms with Gasteiger partial charge in [0.25, 0.3) is 0 Å². The van der Waals surface area contributed by atoms with Crippen LogP contribution in [0.1, 0.15) is 33.6 Å². The third kappa shape index (κ3) is 4.15. The maximum atomic E-state index is 4.56. The number of halogens is 1. The maximum absolute atomic E-state index is 4.56. The van der Waals surface area contributed by atoms with Crippen LogP contribution in [0.4, 0.5) is 11.8 Å². The number of hydrogen-bond donors (Lipinski definition) is 1. The van der Waals surface area contributed by atoms with Crippen LogP contribution in [-0.4, -0.2) is 29.6 Å². The smallest absolute Gasteiger partial charge is 0.224 e. The number of nitrogens with zero attached hydrogens (tertiary/aromatic N) is 3. The second-order valence-electron chi connectivity index (χ2n) is 3.88. The largest absolute Gasteiger partial charge is 0.356 e. The van der Waals surface area contributed by atoms with Gasteiger partial charge in [0.1, 0.15) is 5.82 Å². The zero-order valence-corrected chi connectivity index (χ0v) is 12.4. The van der Waals surface area contributed by atoms with Gasteiger partial charge in [0.15, 0.2) is 0 Å². The van der Waals surface area contributed by atoms with Crippen molar-refractivity contribution in [2.45, 2.75) is 33.6 Å². The van der Waals surface area contributed by atoms with E-state index in [1.807, 2.05) is 13.1 Å². The van der Waals surface area contributed by atoms with Crippen LogP contribution in [0.3, 0.4) is 0 Å². The second kappa shape index (κ2) is 7.48. The standard InChI is InChI=1S/C12H21BrN4/c1-4-7-17(8-5-2)11-10(13)9-15-12(16-11)14-6-3/h9H,4-8H2,1-3H3,(H,14,15,16). The lowest BCUT2D eigenvalue weighted by molar-refractivity contribution is 0.731. The molecule has 0 aliphatic heterocycles. The zero-order chi connectivity index (χ0) is 12.7. The summed E-state index contributed by atoms with van der Waals surface area (Å²) in [6.07, 6.45) is 4.05. The molecule has 0 saturated carbocycles. The van der Waals surface area contributed by atoms with Crippen LogP contribution in [0, 0.1) is 0 Å². The van der Waals surface area contributed by atoms with E-state index in [0.717, 1.165) is 42.8 Å². The van der Waals surface area contributed by atoms with Crippen LogP contribution in [-0.2, 0) is 0 Å². The first kappa shape index (κ1) is 14.2. The molecule has 0 fully saturated rings. The Balaban J connectivity index is 2.94. The Morgan fingerprint density at radius 3 is 2.41 bits per heavy atom. The molecule has 0 bridgehead atoms. The van der Waals surface area contributed by atoms with Crippen molar-refractivity contribution in [3.05, 3.63) is 10.7 Å². The van der Waals surface area contributed by atoms with E-state index in [-0.39, 0.29) is 0 Å². The predicted molar refractivity (Wildman–Crippen MR) is 76.7 cm³/mol. The molecule has 1 aromatic rings. The molecule has 0 aromatic carbocycles. The topological polar surface area (TPSA) is 41.1 Å². The minimum atomic E-state index is 0.697. The SMILES string of the molecule is CCCN(CCC)c1nc(NCC)ncc1Br. The maximum Gasteiger partial charge on any atom is 0.224 e. The average Bonchev–Trinajstić information content (AvgIpc) is 2.32. The van der Waals surface area contributed by atoms with Gasteiger partial charge in [-0.05, 0) is 35.7 Å². The van der Waals surface area contributed by atoms with Crippen molar-refractivity contribution in [2.75, 3.05) is 29.9 Å². The minimum absolute atomic E-state index is 0.697.